The maximum atomic E-state index is 12.1. The summed E-state index contributed by atoms with van der Waals surface area (Å²) in [7, 11) is 3.05. The number of benzene rings is 1. The molecule has 0 saturated carbocycles. The van der Waals surface area contributed by atoms with Crippen molar-refractivity contribution in [2.45, 2.75) is 18.6 Å². The zero-order valence-corrected chi connectivity index (χ0v) is 14.6. The second-order valence-electron chi connectivity index (χ2n) is 5.30. The molecular weight excluding hydrogens is 348 g/mol. The number of halogens is 1. The summed E-state index contributed by atoms with van der Waals surface area (Å²) in [5.74, 6) is 0.342. The minimum Gasteiger partial charge on any atom is -0.496 e. The number of esters is 1. The molecule has 1 aliphatic heterocycles. The molecule has 25 heavy (non-hydrogen) atoms. The van der Waals surface area contributed by atoms with Gasteiger partial charge < -0.3 is 18.9 Å². The highest BCUT2D eigenvalue weighted by Crippen LogP contribution is 2.52. The van der Waals surface area contributed by atoms with Crippen LogP contribution in [0.15, 0.2) is 18.2 Å². The summed E-state index contributed by atoms with van der Waals surface area (Å²) in [5, 5.41) is 10.1. The summed E-state index contributed by atoms with van der Waals surface area (Å²) < 4.78 is 21.0. The second kappa shape index (κ2) is 6.39. The predicted octanol–water partition coefficient (Wildman–Crippen LogP) is 2.80. The Morgan fingerprint density at radius 2 is 2.08 bits per heavy atom. The van der Waals surface area contributed by atoms with Crippen molar-refractivity contribution in [2.75, 3.05) is 20.8 Å². The molecule has 2 heterocycles. The number of epoxide rings is 1. The molecule has 2 atom stereocenters. The Morgan fingerprint density at radius 3 is 2.68 bits per heavy atom. The lowest BCUT2D eigenvalue weighted by atomic mass is 10.0. The number of hydrogen-bond acceptors (Lipinski definition) is 7. The molecule has 130 valence electrons. The monoisotopic (exact) mass is 362 g/mol. The number of rotatable bonds is 5. The van der Waals surface area contributed by atoms with Gasteiger partial charge in [-0.15, -0.1) is 0 Å². The van der Waals surface area contributed by atoms with E-state index in [2.05, 4.69) is 4.98 Å². The van der Waals surface area contributed by atoms with Crippen LogP contribution in [0.4, 0.5) is 0 Å². The van der Waals surface area contributed by atoms with Crippen molar-refractivity contribution in [3.63, 3.8) is 0 Å². The number of aromatic nitrogens is 1. The van der Waals surface area contributed by atoms with E-state index in [1.165, 1.54) is 14.2 Å². The van der Waals surface area contributed by atoms with E-state index in [0.29, 0.717) is 28.0 Å². The van der Waals surface area contributed by atoms with Crippen LogP contribution in [0.1, 0.15) is 18.6 Å². The van der Waals surface area contributed by atoms with Gasteiger partial charge in [0.2, 0.25) is 0 Å². The molecule has 0 bridgehead atoms. The number of hydrogen-bond donors (Lipinski definition) is 0. The van der Waals surface area contributed by atoms with Crippen LogP contribution in [0, 0.1) is 11.3 Å². The van der Waals surface area contributed by atoms with Crippen molar-refractivity contribution in [3.8, 4) is 17.6 Å². The standard InChI is InChI=1S/C17H15ClN2O5/c1-4-24-16(21)17(8-19)14(25-17)10-7-9-11(22-2)5-6-12(23-3)13(9)20-15(10)18/h5-7,14H,4H2,1-3H3. The molecule has 1 aliphatic rings. The molecule has 0 radical (unpaired) electrons. The lowest BCUT2D eigenvalue weighted by molar-refractivity contribution is -0.147. The fourth-order valence-corrected chi connectivity index (χ4v) is 2.93. The van der Waals surface area contributed by atoms with E-state index in [1.807, 2.05) is 6.07 Å². The zero-order valence-electron chi connectivity index (χ0n) is 13.8. The largest absolute Gasteiger partial charge is 0.496 e. The van der Waals surface area contributed by atoms with E-state index in [-0.39, 0.29) is 11.8 Å². The van der Waals surface area contributed by atoms with Gasteiger partial charge in [0.05, 0.1) is 20.8 Å². The Kier molecular flexibility index (Phi) is 4.41. The Bertz CT molecular complexity index is 895. The summed E-state index contributed by atoms with van der Waals surface area (Å²) >= 11 is 6.28. The molecule has 0 N–H and O–H groups in total. The second-order valence-corrected chi connectivity index (χ2v) is 5.66. The molecule has 0 aliphatic carbocycles. The Morgan fingerprint density at radius 1 is 1.40 bits per heavy atom. The van der Waals surface area contributed by atoms with E-state index in [1.54, 1.807) is 25.1 Å². The molecule has 1 aromatic carbocycles. The average Bonchev–Trinajstić information content (AvgIpc) is 3.36. The Balaban J connectivity index is 2.11. The molecule has 2 unspecified atom stereocenters. The average molecular weight is 363 g/mol. The van der Waals surface area contributed by atoms with Crippen LogP contribution in [0.5, 0.6) is 11.5 Å². The SMILES string of the molecule is CCOC(=O)C1(C#N)OC1c1cc2c(OC)ccc(OC)c2nc1Cl. The van der Waals surface area contributed by atoms with Gasteiger partial charge in [0.25, 0.3) is 5.60 Å². The van der Waals surface area contributed by atoms with Gasteiger partial charge in [-0.25, -0.2) is 9.78 Å². The van der Waals surface area contributed by atoms with E-state index in [4.69, 9.17) is 30.5 Å². The number of carbonyl (C=O) groups is 1. The molecular formula is C17H15ClN2O5. The number of pyridine rings is 1. The third-order valence-electron chi connectivity index (χ3n) is 3.97. The molecule has 0 spiro atoms. The number of ether oxygens (including phenoxy) is 4. The van der Waals surface area contributed by atoms with Crippen molar-refractivity contribution in [2.24, 2.45) is 0 Å². The lowest BCUT2D eigenvalue weighted by Gasteiger charge is -2.11. The van der Waals surface area contributed by atoms with E-state index >= 15 is 0 Å². The minimum absolute atomic E-state index is 0.116. The third kappa shape index (κ3) is 2.64. The van der Waals surface area contributed by atoms with E-state index < -0.39 is 17.7 Å². The van der Waals surface area contributed by atoms with Crippen LogP contribution >= 0.6 is 11.6 Å². The van der Waals surface area contributed by atoms with Crippen LogP contribution < -0.4 is 9.47 Å². The highest BCUT2D eigenvalue weighted by atomic mass is 35.5. The number of carbonyl (C=O) groups excluding carboxylic acids is 1. The van der Waals surface area contributed by atoms with Gasteiger partial charge in [-0.1, -0.05) is 11.6 Å². The molecule has 8 heteroatoms. The van der Waals surface area contributed by atoms with Gasteiger partial charge >= 0.3 is 5.97 Å². The number of fused-ring (bicyclic) bond motifs is 1. The highest BCUT2D eigenvalue weighted by molar-refractivity contribution is 6.31. The van der Waals surface area contributed by atoms with Crippen LogP contribution in [0.25, 0.3) is 10.9 Å². The summed E-state index contributed by atoms with van der Waals surface area (Å²) in [6.07, 6.45) is -0.850. The van der Waals surface area contributed by atoms with Crippen molar-refractivity contribution < 1.29 is 23.7 Å². The molecule has 1 saturated heterocycles. The quantitative estimate of drug-likeness (QED) is 0.458. The van der Waals surface area contributed by atoms with Gasteiger partial charge in [0.15, 0.2) is 0 Å². The van der Waals surface area contributed by atoms with Crippen LogP contribution in [-0.2, 0) is 14.3 Å². The number of methoxy groups -OCH3 is 2. The van der Waals surface area contributed by atoms with Crippen LogP contribution in [0.2, 0.25) is 5.15 Å². The van der Waals surface area contributed by atoms with Crippen LogP contribution in [-0.4, -0.2) is 37.4 Å². The number of nitrogens with zero attached hydrogens (tertiary/aromatic N) is 2. The lowest BCUT2D eigenvalue weighted by Crippen LogP contribution is -2.26. The van der Waals surface area contributed by atoms with Crippen LogP contribution in [0.3, 0.4) is 0 Å². The highest BCUT2D eigenvalue weighted by Gasteiger charge is 2.66. The summed E-state index contributed by atoms with van der Waals surface area (Å²) in [5.41, 5.74) is -0.772. The first-order valence-corrected chi connectivity index (χ1v) is 7.87. The first kappa shape index (κ1) is 17.3. The molecule has 3 rings (SSSR count). The maximum absolute atomic E-state index is 12.1. The van der Waals surface area contributed by atoms with Crippen molar-refractivity contribution in [1.29, 1.82) is 5.26 Å². The molecule has 1 aromatic heterocycles. The van der Waals surface area contributed by atoms with Gasteiger partial charge in [-0.05, 0) is 25.1 Å². The Labute approximate surface area is 149 Å². The smallest absolute Gasteiger partial charge is 0.356 e. The van der Waals surface area contributed by atoms with Crippen molar-refractivity contribution in [1.82, 2.24) is 4.98 Å². The van der Waals surface area contributed by atoms with Gasteiger partial charge in [0.1, 0.15) is 34.3 Å². The van der Waals surface area contributed by atoms with Gasteiger partial charge in [-0.2, -0.15) is 5.26 Å². The van der Waals surface area contributed by atoms with Gasteiger partial charge in [-0.3, -0.25) is 0 Å². The van der Waals surface area contributed by atoms with E-state index in [0.717, 1.165) is 0 Å². The molecule has 1 fully saturated rings. The summed E-state index contributed by atoms with van der Waals surface area (Å²) in [4.78, 5) is 16.4. The van der Waals surface area contributed by atoms with Crippen molar-refractivity contribution >= 4 is 28.5 Å². The fourth-order valence-electron chi connectivity index (χ4n) is 2.69. The summed E-state index contributed by atoms with van der Waals surface area (Å²) in [6, 6.07) is 7.01. The predicted molar refractivity (Wildman–Crippen MR) is 88.7 cm³/mol. The zero-order chi connectivity index (χ0) is 18.2. The molecule has 7 nitrogen and oxygen atoms in total. The van der Waals surface area contributed by atoms with Crippen molar-refractivity contribution in [3.05, 3.63) is 28.9 Å². The number of nitriles is 1. The first-order chi connectivity index (χ1) is 12.0. The summed E-state index contributed by atoms with van der Waals surface area (Å²) in [6.45, 7) is 1.80. The minimum atomic E-state index is -1.69. The first-order valence-electron chi connectivity index (χ1n) is 7.49. The third-order valence-corrected chi connectivity index (χ3v) is 4.27. The Hall–Kier alpha value is -2.56. The molecule has 2 aromatic rings. The topological polar surface area (TPSA) is 94.0 Å². The fraction of sp³-hybridized carbons (Fsp3) is 0.353. The maximum Gasteiger partial charge on any atom is 0.356 e. The molecule has 0 amide bonds. The van der Waals surface area contributed by atoms with Gasteiger partial charge in [0, 0.05) is 10.9 Å². The normalized spacial score (nSPS) is 21.5. The van der Waals surface area contributed by atoms with E-state index in [9.17, 15) is 10.1 Å².